The lowest BCUT2D eigenvalue weighted by molar-refractivity contribution is -0.116. The van der Waals surface area contributed by atoms with Crippen LogP contribution in [-0.2, 0) is 4.79 Å². The van der Waals surface area contributed by atoms with Gasteiger partial charge in [0, 0.05) is 34.0 Å². The molecule has 2 aromatic rings. The van der Waals surface area contributed by atoms with Crippen LogP contribution in [0.4, 0.5) is 5.82 Å². The molecule has 1 aromatic heterocycles. The van der Waals surface area contributed by atoms with Crippen molar-refractivity contribution in [2.24, 2.45) is 0 Å². The molecule has 110 valence electrons. The molecule has 1 N–H and O–H groups in total. The van der Waals surface area contributed by atoms with Gasteiger partial charge in [-0.15, -0.1) is 0 Å². The van der Waals surface area contributed by atoms with Gasteiger partial charge in [0.25, 0.3) is 0 Å². The minimum absolute atomic E-state index is 0.0269. The van der Waals surface area contributed by atoms with Gasteiger partial charge in [0.1, 0.15) is 5.82 Å². The van der Waals surface area contributed by atoms with Gasteiger partial charge in [0.05, 0.1) is 6.20 Å². The lowest BCUT2D eigenvalue weighted by Gasteiger charge is -2.25. The first-order valence-electron chi connectivity index (χ1n) is 6.79. The Kier molecular flexibility index (Phi) is 3.68. The normalized spacial score (nSPS) is 17.8. The number of aromatic nitrogens is 2. The monoisotopic (exact) mass is 323 g/mol. The number of amides is 1. The van der Waals surface area contributed by atoms with Crippen LogP contribution < -0.4 is 5.32 Å². The molecule has 1 aromatic carbocycles. The molecule has 0 bridgehead atoms. The topological polar surface area (TPSA) is 46.9 Å². The third-order valence-electron chi connectivity index (χ3n) is 3.67. The van der Waals surface area contributed by atoms with Crippen molar-refractivity contribution in [1.82, 2.24) is 9.78 Å². The lowest BCUT2D eigenvalue weighted by Crippen LogP contribution is -2.25. The van der Waals surface area contributed by atoms with Crippen LogP contribution in [0.3, 0.4) is 0 Å². The number of carbonyl (C=O) groups excluding carboxylic acids is 1. The fourth-order valence-corrected chi connectivity index (χ4v) is 3.23. The van der Waals surface area contributed by atoms with Gasteiger partial charge in [-0.3, -0.25) is 4.79 Å². The van der Waals surface area contributed by atoms with Crippen molar-refractivity contribution in [2.45, 2.75) is 32.2 Å². The molecule has 1 unspecified atom stereocenters. The van der Waals surface area contributed by atoms with E-state index in [2.05, 4.69) is 10.4 Å². The Morgan fingerprint density at radius 1 is 1.33 bits per heavy atom. The lowest BCUT2D eigenvalue weighted by atomic mass is 9.87. The second kappa shape index (κ2) is 5.35. The zero-order valence-electron chi connectivity index (χ0n) is 11.7. The molecule has 6 heteroatoms. The molecule has 1 aliphatic rings. The molecule has 2 heterocycles. The molecule has 0 aliphatic carbocycles. The second-order valence-electron chi connectivity index (χ2n) is 5.46. The maximum absolute atomic E-state index is 12.0. The Balaban J connectivity index is 2.11. The van der Waals surface area contributed by atoms with Crippen LogP contribution in [0.2, 0.25) is 10.0 Å². The van der Waals surface area contributed by atoms with Crippen LogP contribution in [0.1, 0.15) is 43.4 Å². The summed E-state index contributed by atoms with van der Waals surface area (Å²) in [6, 6.07) is 5.55. The van der Waals surface area contributed by atoms with Gasteiger partial charge in [0.2, 0.25) is 5.91 Å². The number of fused-ring (bicyclic) bond motifs is 1. The van der Waals surface area contributed by atoms with Crippen molar-refractivity contribution in [3.8, 4) is 0 Å². The molecule has 0 spiro atoms. The summed E-state index contributed by atoms with van der Waals surface area (Å²) in [5.74, 6) is 0.643. The quantitative estimate of drug-likeness (QED) is 0.898. The zero-order valence-corrected chi connectivity index (χ0v) is 13.2. The minimum Gasteiger partial charge on any atom is -0.311 e. The first-order valence-corrected chi connectivity index (χ1v) is 7.55. The van der Waals surface area contributed by atoms with E-state index < -0.39 is 0 Å². The summed E-state index contributed by atoms with van der Waals surface area (Å²) < 4.78 is 1.82. The zero-order chi connectivity index (χ0) is 15.1. The van der Waals surface area contributed by atoms with E-state index in [1.54, 1.807) is 12.1 Å². The summed E-state index contributed by atoms with van der Waals surface area (Å²) in [6.07, 6.45) is 2.17. The van der Waals surface area contributed by atoms with E-state index in [0.717, 1.165) is 16.9 Å². The Labute approximate surface area is 133 Å². The van der Waals surface area contributed by atoms with E-state index in [0.29, 0.717) is 16.5 Å². The van der Waals surface area contributed by atoms with E-state index in [-0.39, 0.29) is 17.9 Å². The molecular weight excluding hydrogens is 309 g/mol. The number of anilines is 1. The first-order chi connectivity index (χ1) is 9.97. The van der Waals surface area contributed by atoms with E-state index >= 15 is 0 Å². The molecule has 3 rings (SSSR count). The van der Waals surface area contributed by atoms with E-state index in [1.807, 2.05) is 30.8 Å². The van der Waals surface area contributed by atoms with E-state index in [1.165, 1.54) is 0 Å². The van der Waals surface area contributed by atoms with Crippen LogP contribution in [0.25, 0.3) is 0 Å². The Morgan fingerprint density at radius 3 is 2.76 bits per heavy atom. The minimum atomic E-state index is -0.0917. The number of carbonyl (C=O) groups is 1. The largest absolute Gasteiger partial charge is 0.311 e. The smallest absolute Gasteiger partial charge is 0.226 e. The Hall–Kier alpha value is -1.52. The summed E-state index contributed by atoms with van der Waals surface area (Å²) in [5, 5.41) is 8.46. The molecule has 0 saturated heterocycles. The fraction of sp³-hybridized carbons (Fsp3) is 0.333. The van der Waals surface area contributed by atoms with E-state index in [4.69, 9.17) is 23.2 Å². The average molecular weight is 324 g/mol. The highest BCUT2D eigenvalue weighted by Gasteiger charge is 2.31. The SMILES string of the molecule is CC(C)n1ncc2c1NC(=O)CC2c1ccc(Cl)cc1Cl. The summed E-state index contributed by atoms with van der Waals surface area (Å²) in [4.78, 5) is 12.0. The van der Waals surface area contributed by atoms with Crippen LogP contribution >= 0.6 is 23.2 Å². The number of hydrogen-bond acceptors (Lipinski definition) is 2. The molecule has 0 saturated carbocycles. The molecular formula is C15H15Cl2N3O. The van der Waals surface area contributed by atoms with Crippen LogP contribution in [0.15, 0.2) is 24.4 Å². The maximum atomic E-state index is 12.0. The molecule has 0 radical (unpaired) electrons. The number of rotatable bonds is 2. The molecule has 4 nitrogen and oxygen atoms in total. The Morgan fingerprint density at radius 2 is 2.10 bits per heavy atom. The van der Waals surface area contributed by atoms with Gasteiger partial charge in [0.15, 0.2) is 0 Å². The first kappa shape index (κ1) is 14.4. The van der Waals surface area contributed by atoms with Crippen LogP contribution in [0.5, 0.6) is 0 Å². The molecule has 21 heavy (non-hydrogen) atoms. The number of halogens is 2. The van der Waals surface area contributed by atoms with Gasteiger partial charge in [-0.25, -0.2) is 4.68 Å². The molecule has 0 fully saturated rings. The number of nitrogens with zero attached hydrogens (tertiary/aromatic N) is 2. The third kappa shape index (κ3) is 2.54. The fourth-order valence-electron chi connectivity index (χ4n) is 2.69. The van der Waals surface area contributed by atoms with Crippen molar-refractivity contribution in [3.63, 3.8) is 0 Å². The van der Waals surface area contributed by atoms with Crippen molar-refractivity contribution in [1.29, 1.82) is 0 Å². The summed E-state index contributed by atoms with van der Waals surface area (Å²) in [5.41, 5.74) is 1.90. The van der Waals surface area contributed by atoms with Crippen molar-refractivity contribution >= 4 is 34.9 Å². The average Bonchev–Trinajstić information content (AvgIpc) is 2.81. The van der Waals surface area contributed by atoms with Gasteiger partial charge in [-0.1, -0.05) is 29.3 Å². The Bertz CT molecular complexity index is 709. The standard InChI is InChI=1S/C15H15Cl2N3O/c1-8(2)20-15-12(7-18-20)11(6-14(21)19-15)10-4-3-9(16)5-13(10)17/h3-5,7-8,11H,6H2,1-2H3,(H,19,21). The van der Waals surface area contributed by atoms with E-state index in [9.17, 15) is 4.79 Å². The highest BCUT2D eigenvalue weighted by Crippen LogP contribution is 2.40. The number of nitrogens with one attached hydrogen (secondary N) is 1. The van der Waals surface area contributed by atoms with Gasteiger partial charge >= 0.3 is 0 Å². The predicted molar refractivity (Wildman–Crippen MR) is 84.2 cm³/mol. The highest BCUT2D eigenvalue weighted by molar-refractivity contribution is 6.35. The summed E-state index contributed by atoms with van der Waals surface area (Å²) >= 11 is 12.3. The van der Waals surface area contributed by atoms with Crippen LogP contribution in [0, 0.1) is 0 Å². The van der Waals surface area contributed by atoms with Gasteiger partial charge in [-0.2, -0.15) is 5.10 Å². The second-order valence-corrected chi connectivity index (χ2v) is 6.30. The van der Waals surface area contributed by atoms with Crippen molar-refractivity contribution in [3.05, 3.63) is 45.6 Å². The predicted octanol–water partition coefficient (Wildman–Crippen LogP) is 4.24. The van der Waals surface area contributed by atoms with Crippen LogP contribution in [-0.4, -0.2) is 15.7 Å². The summed E-state index contributed by atoms with van der Waals surface area (Å²) in [6.45, 7) is 4.05. The van der Waals surface area contributed by atoms with Gasteiger partial charge < -0.3 is 5.32 Å². The van der Waals surface area contributed by atoms with Gasteiger partial charge in [-0.05, 0) is 31.5 Å². The molecule has 1 atom stereocenters. The number of hydrogen-bond donors (Lipinski definition) is 1. The summed E-state index contributed by atoms with van der Waals surface area (Å²) in [7, 11) is 0. The van der Waals surface area contributed by atoms with Crippen molar-refractivity contribution in [2.75, 3.05) is 5.32 Å². The van der Waals surface area contributed by atoms with Crippen molar-refractivity contribution < 1.29 is 4.79 Å². The molecule has 1 amide bonds. The third-order valence-corrected chi connectivity index (χ3v) is 4.24. The maximum Gasteiger partial charge on any atom is 0.226 e. The highest BCUT2D eigenvalue weighted by atomic mass is 35.5. The molecule has 1 aliphatic heterocycles. The number of benzene rings is 1.